The van der Waals surface area contributed by atoms with Crippen molar-refractivity contribution in [2.75, 3.05) is 13.2 Å². The molecule has 0 unspecified atom stereocenters. The van der Waals surface area contributed by atoms with Gasteiger partial charge in [0.25, 0.3) is 5.91 Å². The van der Waals surface area contributed by atoms with Gasteiger partial charge in [-0.25, -0.2) is 4.39 Å². The number of hydrogen-bond donors (Lipinski definition) is 1. The Labute approximate surface area is 178 Å². The minimum atomic E-state index is -0.577. The van der Waals surface area contributed by atoms with Gasteiger partial charge >= 0.3 is 0 Å². The number of ether oxygens (including phenoxy) is 1. The second-order valence-corrected chi connectivity index (χ2v) is 7.31. The van der Waals surface area contributed by atoms with Gasteiger partial charge in [-0.1, -0.05) is 44.2 Å². The number of halogens is 1. The lowest BCUT2D eigenvalue weighted by Gasteiger charge is -2.31. The summed E-state index contributed by atoms with van der Waals surface area (Å²) in [6, 6.07) is 14.8. The Morgan fingerprint density at radius 3 is 2.30 bits per heavy atom. The van der Waals surface area contributed by atoms with Gasteiger partial charge in [0.1, 0.15) is 17.6 Å². The minimum absolute atomic E-state index is 0.0353. The highest BCUT2D eigenvalue weighted by atomic mass is 19.1. The van der Waals surface area contributed by atoms with E-state index in [0.29, 0.717) is 25.1 Å². The molecule has 2 aromatic carbocycles. The van der Waals surface area contributed by atoms with Crippen LogP contribution in [-0.4, -0.2) is 41.9 Å². The molecule has 0 radical (unpaired) electrons. The van der Waals surface area contributed by atoms with E-state index in [0.717, 1.165) is 12.0 Å². The topological polar surface area (TPSA) is 58.6 Å². The van der Waals surface area contributed by atoms with Gasteiger partial charge < -0.3 is 15.0 Å². The average molecular weight is 415 g/mol. The molecule has 5 nitrogen and oxygen atoms in total. The maximum atomic E-state index is 13.1. The highest BCUT2D eigenvalue weighted by molar-refractivity contribution is 5.88. The van der Waals surface area contributed by atoms with Crippen LogP contribution in [0.1, 0.15) is 39.2 Å². The summed E-state index contributed by atoms with van der Waals surface area (Å²) >= 11 is 0. The van der Waals surface area contributed by atoms with Crippen LogP contribution in [0.3, 0.4) is 0 Å². The molecule has 0 saturated carbocycles. The fraction of sp³-hybridized carbons (Fsp3) is 0.417. The Hall–Kier alpha value is -2.89. The van der Waals surface area contributed by atoms with E-state index in [-0.39, 0.29) is 30.3 Å². The molecule has 6 heteroatoms. The Morgan fingerprint density at radius 2 is 1.70 bits per heavy atom. The average Bonchev–Trinajstić information content (AvgIpc) is 2.76. The largest absolute Gasteiger partial charge is 0.484 e. The van der Waals surface area contributed by atoms with Crippen molar-refractivity contribution in [2.24, 2.45) is 0 Å². The second kappa shape index (κ2) is 12.0. The summed E-state index contributed by atoms with van der Waals surface area (Å²) in [5.74, 6) is -0.396. The molecule has 0 aliphatic rings. The first-order chi connectivity index (χ1) is 14.4. The van der Waals surface area contributed by atoms with Crippen LogP contribution in [0.4, 0.5) is 4.39 Å². The third-order valence-electron chi connectivity index (χ3n) is 5.05. The van der Waals surface area contributed by atoms with Crippen molar-refractivity contribution in [1.29, 1.82) is 0 Å². The molecular weight excluding hydrogens is 383 g/mol. The van der Waals surface area contributed by atoms with Crippen molar-refractivity contribution >= 4 is 11.8 Å². The van der Waals surface area contributed by atoms with Crippen molar-refractivity contribution < 1.29 is 18.7 Å². The molecule has 30 heavy (non-hydrogen) atoms. The van der Waals surface area contributed by atoms with Crippen LogP contribution in [-0.2, 0) is 16.0 Å². The lowest BCUT2D eigenvalue weighted by molar-refractivity contribution is -0.142. The van der Waals surface area contributed by atoms with Crippen molar-refractivity contribution in [1.82, 2.24) is 10.2 Å². The van der Waals surface area contributed by atoms with Crippen LogP contribution in [0.5, 0.6) is 5.75 Å². The van der Waals surface area contributed by atoms with Gasteiger partial charge in [0.15, 0.2) is 6.61 Å². The van der Waals surface area contributed by atoms with Gasteiger partial charge in [0.05, 0.1) is 0 Å². The predicted molar refractivity (Wildman–Crippen MR) is 116 cm³/mol. The second-order valence-electron chi connectivity index (χ2n) is 7.31. The Morgan fingerprint density at radius 1 is 1.03 bits per heavy atom. The standard InChI is InChI=1S/C24H31FN2O3/c1-4-18(3)26-24(29)22(5-2)27(16-15-19-9-7-6-8-10-19)23(28)17-30-21-13-11-20(25)12-14-21/h6-14,18,22H,4-5,15-17H2,1-3H3,(H,26,29)/t18-,22+/m0/s1. The SMILES string of the molecule is CC[C@H](C(=O)N[C@@H](C)CC)N(CCc1ccccc1)C(=O)COc1ccc(F)cc1. The van der Waals surface area contributed by atoms with Gasteiger partial charge in [-0.05, 0) is 56.0 Å². The molecule has 0 saturated heterocycles. The van der Waals surface area contributed by atoms with Crippen LogP contribution in [0.25, 0.3) is 0 Å². The van der Waals surface area contributed by atoms with Crippen LogP contribution in [0.2, 0.25) is 0 Å². The lowest BCUT2D eigenvalue weighted by atomic mass is 10.1. The van der Waals surface area contributed by atoms with E-state index in [1.165, 1.54) is 24.3 Å². The van der Waals surface area contributed by atoms with Crippen molar-refractivity contribution in [3.63, 3.8) is 0 Å². The van der Waals surface area contributed by atoms with Gasteiger partial charge in [-0.2, -0.15) is 0 Å². The van der Waals surface area contributed by atoms with Crippen molar-refractivity contribution in [3.05, 3.63) is 66.0 Å². The number of amides is 2. The summed E-state index contributed by atoms with van der Waals surface area (Å²) in [7, 11) is 0. The molecule has 0 aromatic heterocycles. The number of nitrogens with one attached hydrogen (secondary N) is 1. The van der Waals surface area contributed by atoms with Crippen molar-refractivity contribution in [3.8, 4) is 5.75 Å². The molecule has 162 valence electrons. The van der Waals surface area contributed by atoms with Crippen LogP contribution < -0.4 is 10.1 Å². The number of carbonyl (C=O) groups excluding carboxylic acids is 2. The zero-order valence-electron chi connectivity index (χ0n) is 17.9. The van der Waals surface area contributed by atoms with Crippen LogP contribution >= 0.6 is 0 Å². The molecule has 0 bridgehead atoms. The van der Waals surface area contributed by atoms with E-state index in [9.17, 15) is 14.0 Å². The monoisotopic (exact) mass is 414 g/mol. The maximum Gasteiger partial charge on any atom is 0.261 e. The summed E-state index contributed by atoms with van der Waals surface area (Å²) in [6.45, 7) is 6.03. The van der Waals surface area contributed by atoms with Crippen LogP contribution in [0, 0.1) is 5.82 Å². The number of nitrogens with zero attached hydrogens (tertiary/aromatic N) is 1. The number of carbonyl (C=O) groups is 2. The molecule has 2 rings (SSSR count). The molecule has 0 aliphatic carbocycles. The fourth-order valence-corrected chi connectivity index (χ4v) is 3.10. The summed E-state index contributed by atoms with van der Waals surface area (Å²) < 4.78 is 18.6. The maximum absolute atomic E-state index is 13.1. The van der Waals surface area contributed by atoms with Gasteiger partial charge in [0.2, 0.25) is 5.91 Å². The molecule has 0 fully saturated rings. The van der Waals surface area contributed by atoms with E-state index in [2.05, 4.69) is 5.32 Å². The third kappa shape index (κ3) is 7.17. The zero-order chi connectivity index (χ0) is 21.9. The van der Waals surface area contributed by atoms with Crippen molar-refractivity contribution in [2.45, 2.75) is 52.1 Å². The molecule has 1 N–H and O–H groups in total. The van der Waals surface area contributed by atoms with E-state index in [4.69, 9.17) is 4.74 Å². The number of benzene rings is 2. The smallest absolute Gasteiger partial charge is 0.261 e. The Kier molecular flexibility index (Phi) is 9.32. The zero-order valence-corrected chi connectivity index (χ0v) is 17.9. The van der Waals surface area contributed by atoms with E-state index < -0.39 is 6.04 Å². The first kappa shape index (κ1) is 23.4. The Balaban J connectivity index is 2.11. The third-order valence-corrected chi connectivity index (χ3v) is 5.05. The summed E-state index contributed by atoms with van der Waals surface area (Å²) in [5, 5.41) is 2.98. The highest BCUT2D eigenvalue weighted by Gasteiger charge is 2.29. The van der Waals surface area contributed by atoms with E-state index in [1.807, 2.05) is 51.1 Å². The predicted octanol–water partition coefficient (Wildman–Crippen LogP) is 3.97. The van der Waals surface area contributed by atoms with Crippen LogP contribution in [0.15, 0.2) is 54.6 Å². The quantitative estimate of drug-likeness (QED) is 0.605. The van der Waals surface area contributed by atoms with Gasteiger partial charge in [-0.15, -0.1) is 0 Å². The number of rotatable bonds is 11. The Bertz CT molecular complexity index is 796. The normalized spacial score (nSPS) is 12.7. The molecular formula is C24H31FN2O3. The van der Waals surface area contributed by atoms with E-state index >= 15 is 0 Å². The fourth-order valence-electron chi connectivity index (χ4n) is 3.10. The molecule has 0 aliphatic heterocycles. The first-order valence-electron chi connectivity index (χ1n) is 10.5. The lowest BCUT2D eigenvalue weighted by Crippen LogP contribution is -2.52. The molecule has 2 amide bonds. The van der Waals surface area contributed by atoms with Gasteiger partial charge in [0, 0.05) is 12.6 Å². The summed E-state index contributed by atoms with van der Waals surface area (Å²) in [4.78, 5) is 27.4. The highest BCUT2D eigenvalue weighted by Crippen LogP contribution is 2.13. The molecule has 0 heterocycles. The summed E-state index contributed by atoms with van der Waals surface area (Å²) in [6.07, 6.45) is 1.95. The number of hydrogen-bond acceptors (Lipinski definition) is 3. The minimum Gasteiger partial charge on any atom is -0.484 e. The first-order valence-corrected chi connectivity index (χ1v) is 10.5. The molecule has 0 spiro atoms. The van der Waals surface area contributed by atoms with Gasteiger partial charge in [-0.3, -0.25) is 9.59 Å². The molecule has 2 aromatic rings. The molecule has 2 atom stereocenters. The van der Waals surface area contributed by atoms with E-state index in [1.54, 1.807) is 4.90 Å². The summed E-state index contributed by atoms with van der Waals surface area (Å²) in [5.41, 5.74) is 1.09.